The lowest BCUT2D eigenvalue weighted by Gasteiger charge is -2.13. The van der Waals surface area contributed by atoms with E-state index in [0.717, 1.165) is 0 Å². The molecule has 0 amide bonds. The third-order valence-electron chi connectivity index (χ3n) is 1.54. The van der Waals surface area contributed by atoms with Gasteiger partial charge in [0.2, 0.25) is 0 Å². The van der Waals surface area contributed by atoms with Gasteiger partial charge in [-0.3, -0.25) is 0 Å². The van der Waals surface area contributed by atoms with E-state index in [9.17, 15) is 23.1 Å². The summed E-state index contributed by atoms with van der Waals surface area (Å²) in [7, 11) is 0. The number of rotatable bonds is 1. The molecule has 0 spiro atoms. The maximum atomic E-state index is 12.0. The molecule has 0 fully saturated rings. The number of carbonyl (C=O) groups is 1. The van der Waals surface area contributed by atoms with Gasteiger partial charge in [0.15, 0.2) is 0 Å². The highest BCUT2D eigenvalue weighted by Gasteiger charge is 2.30. The Morgan fingerprint density at radius 2 is 1.93 bits per heavy atom. The minimum Gasteiger partial charge on any atom is -0.872 e. The van der Waals surface area contributed by atoms with Crippen molar-refractivity contribution in [1.29, 1.82) is 0 Å². The van der Waals surface area contributed by atoms with E-state index in [1.54, 1.807) is 0 Å². The monoisotopic (exact) mass is 205 g/mol. The molecule has 0 saturated heterocycles. The lowest BCUT2D eigenvalue weighted by atomic mass is 10.1. The van der Waals surface area contributed by atoms with Crippen LogP contribution in [-0.2, 0) is 6.18 Å². The smallest absolute Gasteiger partial charge is 0.416 e. The molecule has 6 heteroatoms. The average Bonchev–Trinajstić information content (AvgIpc) is 2.01. The largest absolute Gasteiger partial charge is 0.872 e. The average molecular weight is 205 g/mol. The number of carboxylic acids is 1. The molecule has 76 valence electrons. The number of benzene rings is 1. The number of alkyl halides is 3. The van der Waals surface area contributed by atoms with E-state index in [4.69, 9.17) is 5.11 Å². The molecule has 0 heterocycles. The molecule has 14 heavy (non-hydrogen) atoms. The molecule has 0 aliphatic heterocycles. The molecule has 0 radical (unpaired) electrons. The fourth-order valence-corrected chi connectivity index (χ4v) is 0.875. The molecule has 0 aliphatic carbocycles. The molecule has 0 saturated carbocycles. The van der Waals surface area contributed by atoms with Gasteiger partial charge in [0, 0.05) is 0 Å². The van der Waals surface area contributed by atoms with Crippen LogP contribution in [0.5, 0.6) is 5.75 Å². The Kier molecular flexibility index (Phi) is 2.37. The lowest BCUT2D eigenvalue weighted by molar-refractivity contribution is -0.269. The van der Waals surface area contributed by atoms with Crippen molar-refractivity contribution < 1.29 is 28.2 Å². The van der Waals surface area contributed by atoms with Gasteiger partial charge in [-0.25, -0.2) is 4.79 Å². The quantitative estimate of drug-likeness (QED) is 0.755. The zero-order chi connectivity index (χ0) is 10.9. The summed E-state index contributed by atoms with van der Waals surface area (Å²) in [5.41, 5.74) is -1.81. The van der Waals surface area contributed by atoms with Crippen molar-refractivity contribution >= 4 is 5.97 Å². The van der Waals surface area contributed by atoms with Gasteiger partial charge in [-0.15, -0.1) is 0 Å². The molecule has 0 aliphatic rings. The SMILES string of the molecule is O=C(O)c1ccc(C(F)(F)F)cc1[O-]. The molecule has 1 aromatic carbocycles. The van der Waals surface area contributed by atoms with Crippen molar-refractivity contribution in [3.05, 3.63) is 29.3 Å². The molecule has 0 unspecified atom stereocenters. The van der Waals surface area contributed by atoms with Crippen LogP contribution in [0.4, 0.5) is 13.2 Å². The highest BCUT2D eigenvalue weighted by atomic mass is 19.4. The number of hydrogen-bond donors (Lipinski definition) is 1. The summed E-state index contributed by atoms with van der Waals surface area (Å²) < 4.78 is 36.0. The Hall–Kier alpha value is -1.72. The molecule has 1 aromatic rings. The van der Waals surface area contributed by atoms with Gasteiger partial charge in [0.25, 0.3) is 0 Å². The molecule has 3 nitrogen and oxygen atoms in total. The minimum absolute atomic E-state index is 0.267. The van der Waals surface area contributed by atoms with Crippen LogP contribution in [0.1, 0.15) is 15.9 Å². The van der Waals surface area contributed by atoms with E-state index in [1.165, 1.54) is 0 Å². The van der Waals surface area contributed by atoms with Crippen molar-refractivity contribution in [3.8, 4) is 5.75 Å². The first-order valence-electron chi connectivity index (χ1n) is 3.44. The van der Waals surface area contributed by atoms with Gasteiger partial charge in [-0.05, 0) is 12.1 Å². The van der Waals surface area contributed by atoms with Crippen LogP contribution in [0.25, 0.3) is 0 Å². The third kappa shape index (κ3) is 1.95. The van der Waals surface area contributed by atoms with Gasteiger partial charge < -0.3 is 10.2 Å². The van der Waals surface area contributed by atoms with Gasteiger partial charge >= 0.3 is 12.1 Å². The van der Waals surface area contributed by atoms with Crippen molar-refractivity contribution in [1.82, 2.24) is 0 Å². The van der Waals surface area contributed by atoms with E-state index in [0.29, 0.717) is 12.1 Å². The standard InChI is InChI=1S/C8H5F3O3/c9-8(10,11)4-1-2-5(7(13)14)6(12)3-4/h1-3,12H,(H,13,14)/p-1. The minimum atomic E-state index is -4.63. The van der Waals surface area contributed by atoms with Crippen LogP contribution >= 0.6 is 0 Å². The zero-order valence-electron chi connectivity index (χ0n) is 6.63. The first-order chi connectivity index (χ1) is 6.32. The summed E-state index contributed by atoms with van der Waals surface area (Å²) in [6, 6.07) is 1.47. The van der Waals surface area contributed by atoms with Crippen LogP contribution in [0.15, 0.2) is 18.2 Å². The third-order valence-corrected chi connectivity index (χ3v) is 1.54. The Morgan fingerprint density at radius 3 is 2.29 bits per heavy atom. The van der Waals surface area contributed by atoms with Crippen LogP contribution in [-0.4, -0.2) is 11.1 Å². The Labute approximate surface area is 76.4 Å². The second-order valence-electron chi connectivity index (χ2n) is 2.51. The summed E-state index contributed by atoms with van der Waals surface area (Å²) in [5.74, 6) is -2.68. The van der Waals surface area contributed by atoms with Crippen molar-refractivity contribution in [2.45, 2.75) is 6.18 Å². The van der Waals surface area contributed by atoms with Crippen molar-refractivity contribution in [3.63, 3.8) is 0 Å². The predicted molar refractivity (Wildman–Crippen MR) is 37.8 cm³/mol. The van der Waals surface area contributed by atoms with Gasteiger partial charge in [0.05, 0.1) is 11.1 Å². The summed E-state index contributed by atoms with van der Waals surface area (Å²) in [6.07, 6.45) is -4.63. The summed E-state index contributed by atoms with van der Waals surface area (Å²) in [6.45, 7) is 0. The number of halogens is 3. The first kappa shape index (κ1) is 10.4. The fraction of sp³-hybridized carbons (Fsp3) is 0.125. The molecule has 1 N–H and O–H groups in total. The van der Waals surface area contributed by atoms with Gasteiger partial charge in [-0.2, -0.15) is 13.2 Å². The normalized spacial score (nSPS) is 11.4. The predicted octanol–water partition coefficient (Wildman–Crippen LogP) is 1.48. The first-order valence-corrected chi connectivity index (χ1v) is 3.44. The fourth-order valence-electron chi connectivity index (χ4n) is 0.875. The summed E-state index contributed by atoms with van der Waals surface area (Å²) in [4.78, 5) is 10.3. The highest BCUT2D eigenvalue weighted by molar-refractivity contribution is 5.90. The number of carboxylic acid groups (broad SMARTS) is 1. The highest BCUT2D eigenvalue weighted by Crippen LogP contribution is 2.31. The van der Waals surface area contributed by atoms with Gasteiger partial charge in [0.1, 0.15) is 0 Å². The van der Waals surface area contributed by atoms with Crippen LogP contribution in [0.2, 0.25) is 0 Å². The van der Waals surface area contributed by atoms with Crippen molar-refractivity contribution in [2.24, 2.45) is 0 Å². The lowest BCUT2D eigenvalue weighted by Crippen LogP contribution is -2.09. The number of aromatic carboxylic acids is 1. The maximum Gasteiger partial charge on any atom is 0.416 e. The second-order valence-corrected chi connectivity index (χ2v) is 2.51. The van der Waals surface area contributed by atoms with Gasteiger partial charge in [-0.1, -0.05) is 11.8 Å². The topological polar surface area (TPSA) is 60.4 Å². The van der Waals surface area contributed by atoms with E-state index in [2.05, 4.69) is 0 Å². The maximum absolute atomic E-state index is 12.0. The van der Waals surface area contributed by atoms with E-state index < -0.39 is 29.0 Å². The molecule has 1 rings (SSSR count). The summed E-state index contributed by atoms with van der Waals surface area (Å²) in [5, 5.41) is 19.2. The number of hydrogen-bond acceptors (Lipinski definition) is 2. The van der Waals surface area contributed by atoms with E-state index in [-0.39, 0.29) is 6.07 Å². The molecule has 0 atom stereocenters. The Bertz CT molecular complexity index is 371. The van der Waals surface area contributed by atoms with E-state index >= 15 is 0 Å². The summed E-state index contributed by atoms with van der Waals surface area (Å²) >= 11 is 0. The van der Waals surface area contributed by atoms with E-state index in [1.807, 2.05) is 0 Å². The molecule has 0 bridgehead atoms. The van der Waals surface area contributed by atoms with Crippen molar-refractivity contribution in [2.75, 3.05) is 0 Å². The second kappa shape index (κ2) is 3.21. The molecular formula is C8H4F3O3-. The van der Waals surface area contributed by atoms with Crippen LogP contribution < -0.4 is 5.11 Å². The molecular weight excluding hydrogens is 201 g/mol. The van der Waals surface area contributed by atoms with Crippen LogP contribution in [0.3, 0.4) is 0 Å². The Morgan fingerprint density at radius 1 is 1.36 bits per heavy atom. The van der Waals surface area contributed by atoms with Crippen LogP contribution in [0, 0.1) is 0 Å². The Balaban J connectivity index is 3.20. The zero-order valence-corrected chi connectivity index (χ0v) is 6.63. The molecule has 0 aromatic heterocycles.